The van der Waals surface area contributed by atoms with Gasteiger partial charge in [-0.25, -0.2) is 0 Å². The van der Waals surface area contributed by atoms with Gasteiger partial charge in [-0.1, -0.05) is 55.0 Å². The summed E-state index contributed by atoms with van der Waals surface area (Å²) in [6, 6.07) is 20.1. The fourth-order valence-corrected chi connectivity index (χ4v) is 4.46. The summed E-state index contributed by atoms with van der Waals surface area (Å²) in [4.78, 5) is 16.4. The van der Waals surface area contributed by atoms with Crippen LogP contribution in [0.4, 0.5) is 0 Å². The Labute approximate surface area is 162 Å². The maximum absolute atomic E-state index is 12.1. The summed E-state index contributed by atoms with van der Waals surface area (Å²) in [5.41, 5.74) is 4.86. The molecule has 1 saturated heterocycles. The highest BCUT2D eigenvalue weighted by atomic mass is 16.2. The van der Waals surface area contributed by atoms with Crippen molar-refractivity contribution in [2.75, 3.05) is 14.1 Å². The van der Waals surface area contributed by atoms with Gasteiger partial charge in [0.25, 0.3) is 5.91 Å². The van der Waals surface area contributed by atoms with E-state index >= 15 is 0 Å². The van der Waals surface area contributed by atoms with Crippen molar-refractivity contribution >= 4 is 11.5 Å². The number of hydrogen-bond acceptors (Lipinski definition) is 2. The topological polar surface area (TPSA) is 23.6 Å². The highest BCUT2D eigenvalue weighted by molar-refractivity contribution is 5.94. The lowest BCUT2D eigenvalue weighted by Crippen LogP contribution is -2.47. The number of carbonyl (C=O) groups excluding carboxylic acids is 1. The van der Waals surface area contributed by atoms with E-state index in [2.05, 4.69) is 53.4 Å². The third kappa shape index (κ3) is 3.84. The first-order valence-electron chi connectivity index (χ1n) is 9.94. The van der Waals surface area contributed by atoms with E-state index in [0.29, 0.717) is 12.1 Å². The lowest BCUT2D eigenvalue weighted by atomic mass is 9.82. The normalized spacial score (nSPS) is 22.2. The molecule has 2 heterocycles. The maximum Gasteiger partial charge on any atom is 0.253 e. The third-order valence-corrected chi connectivity index (χ3v) is 5.90. The molecule has 0 N–H and O–H groups in total. The highest BCUT2D eigenvalue weighted by Crippen LogP contribution is 2.38. The van der Waals surface area contributed by atoms with Crippen molar-refractivity contribution in [1.29, 1.82) is 0 Å². The van der Waals surface area contributed by atoms with Crippen LogP contribution in [-0.2, 0) is 6.54 Å². The van der Waals surface area contributed by atoms with Crippen LogP contribution in [0.25, 0.3) is 5.57 Å². The van der Waals surface area contributed by atoms with E-state index in [0.717, 1.165) is 18.5 Å². The van der Waals surface area contributed by atoms with Crippen molar-refractivity contribution in [2.24, 2.45) is 0 Å². The van der Waals surface area contributed by atoms with Gasteiger partial charge in [0.15, 0.2) is 0 Å². The summed E-state index contributed by atoms with van der Waals surface area (Å²) in [5.74, 6) is 0.0603. The van der Waals surface area contributed by atoms with Crippen molar-refractivity contribution in [1.82, 2.24) is 9.80 Å². The minimum absolute atomic E-state index is 0.0603. The first-order chi connectivity index (χ1) is 13.1. The van der Waals surface area contributed by atoms with E-state index in [-0.39, 0.29) is 5.91 Å². The first-order valence-corrected chi connectivity index (χ1v) is 9.94. The SMILES string of the molecule is CN(C)C(=O)c1ccc(C2=CC3CCCC(C2)N3Cc2ccccc2)cc1. The molecule has 0 aromatic heterocycles. The molecule has 0 spiro atoms. The number of piperidine rings is 1. The minimum atomic E-state index is 0.0603. The zero-order valence-electron chi connectivity index (χ0n) is 16.3. The molecule has 2 atom stereocenters. The fraction of sp³-hybridized carbons (Fsp3) is 0.375. The molecule has 2 aromatic rings. The lowest BCUT2D eigenvalue weighted by Gasteiger charge is -2.45. The molecule has 0 saturated carbocycles. The summed E-state index contributed by atoms with van der Waals surface area (Å²) >= 11 is 0. The van der Waals surface area contributed by atoms with Gasteiger partial charge >= 0.3 is 0 Å². The van der Waals surface area contributed by atoms with Crippen LogP contribution >= 0.6 is 0 Å². The number of benzene rings is 2. The Hall–Kier alpha value is -2.39. The molecule has 3 nitrogen and oxygen atoms in total. The zero-order chi connectivity index (χ0) is 18.8. The van der Waals surface area contributed by atoms with E-state index in [9.17, 15) is 4.79 Å². The molecule has 140 valence electrons. The predicted octanol–water partition coefficient (Wildman–Crippen LogP) is 4.60. The molecule has 3 heteroatoms. The average Bonchev–Trinajstić information content (AvgIpc) is 2.68. The van der Waals surface area contributed by atoms with Gasteiger partial charge in [-0.2, -0.15) is 0 Å². The second-order valence-corrected chi connectivity index (χ2v) is 7.98. The number of amides is 1. The van der Waals surface area contributed by atoms with E-state index in [1.165, 1.54) is 36.0 Å². The van der Waals surface area contributed by atoms with Crippen molar-refractivity contribution in [3.63, 3.8) is 0 Å². The molecule has 2 aliphatic rings. The molecule has 2 bridgehead atoms. The molecule has 0 aliphatic carbocycles. The van der Waals surface area contributed by atoms with Gasteiger partial charge in [0.2, 0.25) is 0 Å². The molecule has 2 aromatic carbocycles. The van der Waals surface area contributed by atoms with E-state index < -0.39 is 0 Å². The average molecular weight is 361 g/mol. The Morgan fingerprint density at radius 3 is 2.44 bits per heavy atom. The molecule has 27 heavy (non-hydrogen) atoms. The van der Waals surface area contributed by atoms with Crippen molar-refractivity contribution < 1.29 is 4.79 Å². The van der Waals surface area contributed by atoms with Gasteiger partial charge in [0, 0.05) is 38.3 Å². The fourth-order valence-electron chi connectivity index (χ4n) is 4.46. The smallest absolute Gasteiger partial charge is 0.253 e. The second kappa shape index (κ2) is 7.69. The van der Waals surface area contributed by atoms with E-state index in [1.807, 2.05) is 12.1 Å². The van der Waals surface area contributed by atoms with Gasteiger partial charge in [0.1, 0.15) is 0 Å². The van der Waals surface area contributed by atoms with Crippen LogP contribution in [0.3, 0.4) is 0 Å². The van der Waals surface area contributed by atoms with E-state index in [4.69, 9.17) is 0 Å². The number of nitrogens with zero attached hydrogens (tertiary/aromatic N) is 2. The van der Waals surface area contributed by atoms with Crippen LogP contribution in [0.1, 0.15) is 47.2 Å². The second-order valence-electron chi connectivity index (χ2n) is 7.98. The van der Waals surface area contributed by atoms with Crippen molar-refractivity contribution in [3.8, 4) is 0 Å². The Morgan fingerprint density at radius 2 is 1.78 bits per heavy atom. The molecule has 0 radical (unpaired) electrons. The van der Waals surface area contributed by atoms with Gasteiger partial charge in [0.05, 0.1) is 0 Å². The van der Waals surface area contributed by atoms with Crippen LogP contribution in [0.15, 0.2) is 60.7 Å². The first kappa shape index (κ1) is 18.0. The Balaban J connectivity index is 1.54. The monoisotopic (exact) mass is 360 g/mol. The van der Waals surface area contributed by atoms with Crippen LogP contribution in [0.5, 0.6) is 0 Å². The number of fused-ring (bicyclic) bond motifs is 2. The van der Waals surface area contributed by atoms with Crippen LogP contribution < -0.4 is 0 Å². The van der Waals surface area contributed by atoms with Crippen LogP contribution in [0.2, 0.25) is 0 Å². The van der Waals surface area contributed by atoms with Gasteiger partial charge in [-0.3, -0.25) is 9.69 Å². The summed E-state index contributed by atoms with van der Waals surface area (Å²) < 4.78 is 0. The standard InChI is InChI=1S/C24H28N2O/c1-25(2)24(27)20-13-11-19(12-14-20)21-15-22-9-6-10-23(16-21)26(22)17-18-7-4-3-5-8-18/h3-5,7-8,11-15,22-23H,6,9-10,16-17H2,1-2H3. The predicted molar refractivity (Wildman–Crippen MR) is 110 cm³/mol. The molecular weight excluding hydrogens is 332 g/mol. The Kier molecular flexibility index (Phi) is 5.13. The largest absolute Gasteiger partial charge is 0.345 e. The highest BCUT2D eigenvalue weighted by Gasteiger charge is 2.34. The molecule has 4 rings (SSSR count). The number of carbonyl (C=O) groups is 1. The molecule has 2 unspecified atom stereocenters. The molecular formula is C24H28N2O. The van der Waals surface area contributed by atoms with Crippen molar-refractivity contribution in [2.45, 2.75) is 44.3 Å². The van der Waals surface area contributed by atoms with Crippen LogP contribution in [-0.4, -0.2) is 41.9 Å². The maximum atomic E-state index is 12.1. The van der Waals surface area contributed by atoms with E-state index in [1.54, 1.807) is 19.0 Å². The number of hydrogen-bond donors (Lipinski definition) is 0. The summed E-state index contributed by atoms with van der Waals surface area (Å²) in [6.45, 7) is 1.04. The summed E-state index contributed by atoms with van der Waals surface area (Å²) in [7, 11) is 3.59. The molecule has 1 amide bonds. The quantitative estimate of drug-likeness (QED) is 0.796. The number of rotatable bonds is 4. The lowest BCUT2D eigenvalue weighted by molar-refractivity contribution is 0.0827. The van der Waals surface area contributed by atoms with Gasteiger partial charge < -0.3 is 4.90 Å². The van der Waals surface area contributed by atoms with Gasteiger partial charge in [-0.15, -0.1) is 0 Å². The summed E-state index contributed by atoms with van der Waals surface area (Å²) in [5, 5.41) is 0. The molecule has 1 fully saturated rings. The van der Waals surface area contributed by atoms with Crippen molar-refractivity contribution in [3.05, 3.63) is 77.4 Å². The Morgan fingerprint density at radius 1 is 1.04 bits per heavy atom. The minimum Gasteiger partial charge on any atom is -0.345 e. The molecule has 2 aliphatic heterocycles. The Bertz CT molecular complexity index is 823. The summed E-state index contributed by atoms with van der Waals surface area (Å²) in [6.07, 6.45) is 7.41. The third-order valence-electron chi connectivity index (χ3n) is 5.90. The van der Waals surface area contributed by atoms with Crippen LogP contribution in [0, 0.1) is 0 Å². The zero-order valence-corrected chi connectivity index (χ0v) is 16.3. The van der Waals surface area contributed by atoms with Gasteiger partial charge in [-0.05, 0) is 48.1 Å².